The van der Waals surface area contributed by atoms with Gasteiger partial charge < -0.3 is 15.5 Å². The van der Waals surface area contributed by atoms with Crippen molar-refractivity contribution in [1.29, 1.82) is 0 Å². The number of rotatable bonds is 4. The smallest absolute Gasteiger partial charge is 0.255 e. The van der Waals surface area contributed by atoms with E-state index in [4.69, 9.17) is 10.2 Å². The monoisotopic (exact) mass is 258 g/mol. The van der Waals surface area contributed by atoms with Gasteiger partial charge >= 0.3 is 0 Å². The highest BCUT2D eigenvalue weighted by atomic mass is 16.3. The van der Waals surface area contributed by atoms with Gasteiger partial charge in [0, 0.05) is 12.1 Å². The fourth-order valence-electron chi connectivity index (χ4n) is 1.96. The minimum absolute atomic E-state index is 0.0762. The molecule has 2 rings (SSSR count). The molecule has 0 aliphatic carbocycles. The summed E-state index contributed by atoms with van der Waals surface area (Å²) in [5, 5.41) is 2.95. The summed E-state index contributed by atoms with van der Waals surface area (Å²) in [4.78, 5) is 12.1. The van der Waals surface area contributed by atoms with Gasteiger partial charge in [-0.1, -0.05) is 19.1 Å². The van der Waals surface area contributed by atoms with E-state index in [1.807, 2.05) is 38.1 Å². The molecule has 0 saturated carbocycles. The highest BCUT2D eigenvalue weighted by Crippen LogP contribution is 2.17. The fourth-order valence-corrected chi connectivity index (χ4v) is 1.96. The third kappa shape index (κ3) is 2.96. The topological polar surface area (TPSA) is 68.3 Å². The van der Waals surface area contributed by atoms with Gasteiger partial charge in [0.25, 0.3) is 5.91 Å². The third-order valence-electron chi connectivity index (χ3n) is 3.10. The summed E-state index contributed by atoms with van der Waals surface area (Å²) < 4.78 is 5.26. The second-order valence-corrected chi connectivity index (χ2v) is 4.47. The van der Waals surface area contributed by atoms with Crippen LogP contribution in [-0.4, -0.2) is 5.91 Å². The van der Waals surface area contributed by atoms with Crippen molar-refractivity contribution in [1.82, 2.24) is 5.32 Å². The summed E-state index contributed by atoms with van der Waals surface area (Å²) in [6, 6.07) is 9.10. The molecule has 0 aliphatic heterocycles. The Labute approximate surface area is 112 Å². The number of hydrogen-bond acceptors (Lipinski definition) is 3. The van der Waals surface area contributed by atoms with E-state index < -0.39 is 0 Å². The van der Waals surface area contributed by atoms with Crippen LogP contribution in [0.1, 0.15) is 41.6 Å². The van der Waals surface area contributed by atoms with Crippen LogP contribution >= 0.6 is 0 Å². The van der Waals surface area contributed by atoms with Gasteiger partial charge in [0.15, 0.2) is 0 Å². The van der Waals surface area contributed by atoms with E-state index in [2.05, 4.69) is 5.32 Å². The first-order valence-electron chi connectivity index (χ1n) is 6.34. The number of anilines is 1. The number of furan rings is 1. The zero-order valence-corrected chi connectivity index (χ0v) is 11.1. The summed E-state index contributed by atoms with van der Waals surface area (Å²) in [5.41, 5.74) is 7.98. The molecule has 4 heteroatoms. The van der Waals surface area contributed by atoms with Gasteiger partial charge in [-0.05, 0) is 30.7 Å². The number of carbonyl (C=O) groups excluding carboxylic acids is 1. The molecule has 19 heavy (non-hydrogen) atoms. The molecule has 0 spiro atoms. The van der Waals surface area contributed by atoms with E-state index in [1.165, 1.54) is 0 Å². The number of nitrogens with one attached hydrogen (secondary N) is 1. The number of aryl methyl sites for hydroxylation is 1. The Kier molecular flexibility index (Phi) is 3.90. The fraction of sp³-hybridized carbons (Fsp3) is 0.267. The van der Waals surface area contributed by atoms with E-state index in [-0.39, 0.29) is 11.9 Å². The summed E-state index contributed by atoms with van der Waals surface area (Å²) in [7, 11) is 0. The molecule has 0 saturated heterocycles. The summed E-state index contributed by atoms with van der Waals surface area (Å²) in [5.74, 6) is 0.594. The number of nitrogen functional groups attached to an aromatic ring is 1. The summed E-state index contributed by atoms with van der Waals surface area (Å²) in [6.07, 6.45) is 2.24. The normalized spacial score (nSPS) is 12.1. The average molecular weight is 258 g/mol. The molecule has 0 radical (unpaired) electrons. The van der Waals surface area contributed by atoms with Gasteiger partial charge in [0.05, 0.1) is 17.9 Å². The van der Waals surface area contributed by atoms with Crippen molar-refractivity contribution < 1.29 is 9.21 Å². The van der Waals surface area contributed by atoms with Crippen molar-refractivity contribution in [3.05, 3.63) is 53.5 Å². The molecule has 0 aliphatic rings. The van der Waals surface area contributed by atoms with E-state index in [0.717, 1.165) is 5.56 Å². The molecule has 4 nitrogen and oxygen atoms in total. The number of nitrogens with two attached hydrogens (primary N) is 1. The lowest BCUT2D eigenvalue weighted by atomic mass is 10.1. The van der Waals surface area contributed by atoms with E-state index in [0.29, 0.717) is 23.4 Å². The van der Waals surface area contributed by atoms with Crippen molar-refractivity contribution in [2.45, 2.75) is 26.3 Å². The second-order valence-electron chi connectivity index (χ2n) is 4.47. The summed E-state index contributed by atoms with van der Waals surface area (Å²) in [6.45, 7) is 3.90. The number of hydrogen-bond donors (Lipinski definition) is 2. The van der Waals surface area contributed by atoms with Crippen LogP contribution in [0.4, 0.5) is 5.69 Å². The van der Waals surface area contributed by atoms with Gasteiger partial charge in [0.2, 0.25) is 0 Å². The van der Waals surface area contributed by atoms with Crippen molar-refractivity contribution in [3.63, 3.8) is 0 Å². The Morgan fingerprint density at radius 3 is 2.63 bits per heavy atom. The molecule has 3 N–H and O–H groups in total. The molecular formula is C15H18N2O2. The van der Waals surface area contributed by atoms with Crippen LogP contribution in [0.2, 0.25) is 0 Å². The zero-order valence-electron chi connectivity index (χ0n) is 11.1. The van der Waals surface area contributed by atoms with Gasteiger partial charge in [-0.3, -0.25) is 4.79 Å². The van der Waals surface area contributed by atoms with Crippen molar-refractivity contribution in [3.8, 4) is 0 Å². The first kappa shape index (κ1) is 13.2. The maximum Gasteiger partial charge on any atom is 0.255 e. The van der Waals surface area contributed by atoms with Gasteiger partial charge in [-0.15, -0.1) is 0 Å². The first-order chi connectivity index (χ1) is 9.11. The van der Waals surface area contributed by atoms with E-state index in [1.54, 1.807) is 12.3 Å². The second kappa shape index (κ2) is 5.61. The maximum atomic E-state index is 12.1. The SMILES string of the molecule is CCc1occc1C(=O)NC(C)c1ccc(N)cc1. The number of benzene rings is 1. The van der Waals surface area contributed by atoms with Gasteiger partial charge in [-0.25, -0.2) is 0 Å². The minimum Gasteiger partial charge on any atom is -0.469 e. The predicted octanol–water partition coefficient (Wildman–Crippen LogP) is 2.92. The van der Waals surface area contributed by atoms with Crippen molar-refractivity contribution in [2.24, 2.45) is 0 Å². The molecular weight excluding hydrogens is 240 g/mol. The molecule has 2 aromatic rings. The van der Waals surface area contributed by atoms with E-state index >= 15 is 0 Å². The highest BCUT2D eigenvalue weighted by Gasteiger charge is 2.16. The largest absolute Gasteiger partial charge is 0.469 e. The van der Waals surface area contributed by atoms with Gasteiger partial charge in [0.1, 0.15) is 5.76 Å². The Morgan fingerprint density at radius 1 is 1.32 bits per heavy atom. The predicted molar refractivity (Wildman–Crippen MR) is 74.8 cm³/mol. The van der Waals surface area contributed by atoms with Crippen LogP contribution in [-0.2, 0) is 6.42 Å². The van der Waals surface area contributed by atoms with Crippen LogP contribution in [0.3, 0.4) is 0 Å². The van der Waals surface area contributed by atoms with Gasteiger partial charge in [-0.2, -0.15) is 0 Å². The highest BCUT2D eigenvalue weighted by molar-refractivity contribution is 5.95. The minimum atomic E-state index is -0.116. The molecule has 0 bridgehead atoms. The Bertz CT molecular complexity index is 558. The lowest BCUT2D eigenvalue weighted by Crippen LogP contribution is -2.27. The molecule has 0 fully saturated rings. The first-order valence-corrected chi connectivity index (χ1v) is 6.34. The molecule has 100 valence electrons. The van der Waals surface area contributed by atoms with Crippen molar-refractivity contribution in [2.75, 3.05) is 5.73 Å². The van der Waals surface area contributed by atoms with Crippen molar-refractivity contribution >= 4 is 11.6 Å². The maximum absolute atomic E-state index is 12.1. The van der Waals surface area contributed by atoms with Crippen LogP contribution < -0.4 is 11.1 Å². The average Bonchev–Trinajstić information content (AvgIpc) is 2.87. The van der Waals surface area contributed by atoms with Crippen LogP contribution in [0.5, 0.6) is 0 Å². The molecule has 1 aromatic heterocycles. The Hall–Kier alpha value is -2.23. The lowest BCUT2D eigenvalue weighted by molar-refractivity contribution is 0.0938. The molecule has 1 heterocycles. The Morgan fingerprint density at radius 2 is 2.00 bits per heavy atom. The third-order valence-corrected chi connectivity index (χ3v) is 3.10. The quantitative estimate of drug-likeness (QED) is 0.828. The standard InChI is InChI=1S/C15H18N2O2/c1-3-14-13(8-9-19-14)15(18)17-10(2)11-4-6-12(16)7-5-11/h4-10H,3,16H2,1-2H3,(H,17,18). The van der Waals surface area contributed by atoms with Crippen LogP contribution in [0, 0.1) is 0 Å². The lowest BCUT2D eigenvalue weighted by Gasteiger charge is -2.14. The molecule has 1 atom stereocenters. The van der Waals surface area contributed by atoms with E-state index in [9.17, 15) is 4.79 Å². The molecule has 1 unspecified atom stereocenters. The van der Waals surface area contributed by atoms with Crippen LogP contribution in [0.25, 0.3) is 0 Å². The molecule has 1 amide bonds. The number of carbonyl (C=O) groups is 1. The Balaban J connectivity index is 2.08. The zero-order chi connectivity index (χ0) is 13.8. The number of amides is 1. The molecule has 1 aromatic carbocycles. The van der Waals surface area contributed by atoms with Crippen LogP contribution in [0.15, 0.2) is 41.0 Å². The summed E-state index contributed by atoms with van der Waals surface area (Å²) >= 11 is 0.